The topological polar surface area (TPSA) is 74.3 Å². The molecule has 0 heterocycles. The lowest BCUT2D eigenvalue weighted by Crippen LogP contribution is -2.27. The summed E-state index contributed by atoms with van der Waals surface area (Å²) in [5, 5.41) is 0. The van der Waals surface area contributed by atoms with Gasteiger partial charge >= 0.3 is 11.9 Å². The first kappa shape index (κ1) is 27.6. The molecule has 0 N–H and O–H groups in total. The van der Waals surface area contributed by atoms with Crippen molar-refractivity contribution in [1.29, 1.82) is 0 Å². The number of carbonyl (C=O) groups excluding carboxylic acids is 2. The van der Waals surface area contributed by atoms with Crippen molar-refractivity contribution in [2.45, 2.75) is 25.7 Å². The SMILES string of the molecule is O=C(CCCN(CCCC(=O)OCCOc1ccccc1)c1ccccc1)OCCOc1ccccc1. The molecule has 0 bridgehead atoms. The third-order valence-corrected chi connectivity index (χ3v) is 5.46. The molecular formula is C30H35NO6. The van der Waals surface area contributed by atoms with Crippen LogP contribution in [-0.4, -0.2) is 51.5 Å². The molecule has 0 aliphatic rings. The normalized spacial score (nSPS) is 10.4. The number of rotatable bonds is 17. The maximum atomic E-state index is 12.1. The molecule has 3 rings (SSSR count). The van der Waals surface area contributed by atoms with Crippen LogP contribution in [0.4, 0.5) is 5.69 Å². The first-order chi connectivity index (χ1) is 18.2. The molecule has 0 saturated heterocycles. The lowest BCUT2D eigenvalue weighted by molar-refractivity contribution is -0.145. The van der Waals surface area contributed by atoms with Crippen molar-refractivity contribution in [2.24, 2.45) is 0 Å². The molecule has 0 aliphatic carbocycles. The summed E-state index contributed by atoms with van der Waals surface area (Å²) in [4.78, 5) is 26.4. The van der Waals surface area contributed by atoms with Gasteiger partial charge in [0.15, 0.2) is 0 Å². The molecule has 0 aromatic heterocycles. The Morgan fingerprint density at radius 3 is 1.38 bits per heavy atom. The van der Waals surface area contributed by atoms with E-state index in [1.54, 1.807) is 0 Å². The van der Waals surface area contributed by atoms with E-state index >= 15 is 0 Å². The maximum absolute atomic E-state index is 12.1. The van der Waals surface area contributed by atoms with Gasteiger partial charge in [-0.25, -0.2) is 0 Å². The van der Waals surface area contributed by atoms with Crippen molar-refractivity contribution in [3.63, 3.8) is 0 Å². The third kappa shape index (κ3) is 11.5. The van der Waals surface area contributed by atoms with Crippen LogP contribution in [0.25, 0.3) is 0 Å². The van der Waals surface area contributed by atoms with E-state index in [1.165, 1.54) is 0 Å². The summed E-state index contributed by atoms with van der Waals surface area (Å²) in [6.45, 7) is 2.43. The molecule has 7 nitrogen and oxygen atoms in total. The second-order valence-corrected chi connectivity index (χ2v) is 8.29. The molecule has 0 atom stereocenters. The molecule has 0 fully saturated rings. The average molecular weight is 506 g/mol. The predicted molar refractivity (Wildman–Crippen MR) is 143 cm³/mol. The molecule has 0 saturated carbocycles. The molecule has 0 radical (unpaired) electrons. The second kappa shape index (κ2) is 16.6. The Bertz CT molecular complexity index is 964. The van der Waals surface area contributed by atoms with Gasteiger partial charge in [-0.15, -0.1) is 0 Å². The zero-order valence-electron chi connectivity index (χ0n) is 21.1. The number of hydrogen-bond donors (Lipinski definition) is 0. The Morgan fingerprint density at radius 1 is 0.541 bits per heavy atom. The molecule has 0 amide bonds. The summed E-state index contributed by atoms with van der Waals surface area (Å²) >= 11 is 0. The van der Waals surface area contributed by atoms with E-state index in [0.29, 0.717) is 52.0 Å². The summed E-state index contributed by atoms with van der Waals surface area (Å²) < 4.78 is 21.7. The zero-order chi connectivity index (χ0) is 26.0. The number of para-hydroxylation sites is 3. The van der Waals surface area contributed by atoms with Crippen LogP contribution in [0.2, 0.25) is 0 Å². The van der Waals surface area contributed by atoms with E-state index < -0.39 is 0 Å². The minimum atomic E-state index is -0.244. The lowest BCUT2D eigenvalue weighted by atomic mass is 10.2. The Hall–Kier alpha value is -4.00. The predicted octanol–water partition coefficient (Wildman–Crippen LogP) is 5.30. The quantitative estimate of drug-likeness (QED) is 0.182. The zero-order valence-corrected chi connectivity index (χ0v) is 21.1. The van der Waals surface area contributed by atoms with E-state index in [9.17, 15) is 9.59 Å². The number of anilines is 1. The van der Waals surface area contributed by atoms with E-state index in [1.807, 2.05) is 91.0 Å². The standard InChI is InChI=1S/C30H35NO6/c32-29(36-24-22-34-27-14-6-2-7-15-27)18-10-20-31(26-12-4-1-5-13-26)21-11-19-30(33)37-25-23-35-28-16-8-3-9-17-28/h1-9,12-17H,10-11,18-25H2. The highest BCUT2D eigenvalue weighted by atomic mass is 16.6. The number of benzene rings is 3. The first-order valence-corrected chi connectivity index (χ1v) is 12.7. The van der Waals surface area contributed by atoms with E-state index in [4.69, 9.17) is 18.9 Å². The molecule has 0 spiro atoms. The molecule has 3 aromatic carbocycles. The van der Waals surface area contributed by atoms with Crippen molar-refractivity contribution in [3.8, 4) is 11.5 Å². The highest BCUT2D eigenvalue weighted by molar-refractivity contribution is 5.69. The van der Waals surface area contributed by atoms with E-state index in [0.717, 1.165) is 17.2 Å². The molecule has 196 valence electrons. The first-order valence-electron chi connectivity index (χ1n) is 12.7. The van der Waals surface area contributed by atoms with Gasteiger partial charge in [-0.05, 0) is 49.2 Å². The van der Waals surface area contributed by atoms with Crippen molar-refractivity contribution >= 4 is 17.6 Å². The summed E-state index contributed by atoms with van der Waals surface area (Å²) in [5.74, 6) is 1.01. The highest BCUT2D eigenvalue weighted by Gasteiger charge is 2.11. The number of ether oxygens (including phenoxy) is 4. The molecule has 3 aromatic rings. The number of hydrogen-bond acceptors (Lipinski definition) is 7. The van der Waals surface area contributed by atoms with Crippen LogP contribution >= 0.6 is 0 Å². The summed E-state index contributed by atoms with van der Waals surface area (Å²) in [5.41, 5.74) is 1.05. The second-order valence-electron chi connectivity index (χ2n) is 8.29. The van der Waals surface area contributed by atoms with Crippen LogP contribution in [0.5, 0.6) is 11.5 Å². The van der Waals surface area contributed by atoms with Gasteiger partial charge in [-0.2, -0.15) is 0 Å². The Morgan fingerprint density at radius 2 is 0.946 bits per heavy atom. The fraction of sp³-hybridized carbons (Fsp3) is 0.333. The van der Waals surface area contributed by atoms with Gasteiger partial charge in [0, 0.05) is 31.6 Å². The van der Waals surface area contributed by atoms with Crippen LogP contribution in [-0.2, 0) is 19.1 Å². The fourth-order valence-corrected chi connectivity index (χ4v) is 3.65. The Labute approximate surface area is 218 Å². The fourth-order valence-electron chi connectivity index (χ4n) is 3.65. The summed E-state index contributed by atoms with van der Waals surface area (Å²) in [6.07, 6.45) is 1.93. The molecular weight excluding hydrogens is 470 g/mol. The van der Waals surface area contributed by atoms with Crippen LogP contribution in [0.15, 0.2) is 91.0 Å². The maximum Gasteiger partial charge on any atom is 0.305 e. The Kier molecular flexibility index (Phi) is 12.4. The van der Waals surface area contributed by atoms with Crippen molar-refractivity contribution in [3.05, 3.63) is 91.0 Å². The molecule has 0 aliphatic heterocycles. The van der Waals surface area contributed by atoms with Crippen molar-refractivity contribution in [2.75, 3.05) is 44.4 Å². The largest absolute Gasteiger partial charge is 0.490 e. The summed E-state index contributed by atoms with van der Waals surface area (Å²) in [7, 11) is 0. The number of carbonyl (C=O) groups is 2. The van der Waals surface area contributed by atoms with Crippen LogP contribution < -0.4 is 14.4 Å². The lowest BCUT2D eigenvalue weighted by Gasteiger charge is -2.24. The smallest absolute Gasteiger partial charge is 0.305 e. The van der Waals surface area contributed by atoms with Gasteiger partial charge in [0.1, 0.15) is 37.9 Å². The van der Waals surface area contributed by atoms with Gasteiger partial charge in [0.2, 0.25) is 0 Å². The van der Waals surface area contributed by atoms with Gasteiger partial charge < -0.3 is 23.8 Å². The van der Waals surface area contributed by atoms with Crippen molar-refractivity contribution in [1.82, 2.24) is 0 Å². The Balaban J connectivity index is 1.30. The van der Waals surface area contributed by atoms with E-state index in [2.05, 4.69) is 4.90 Å². The van der Waals surface area contributed by atoms with Gasteiger partial charge in [0.25, 0.3) is 0 Å². The minimum Gasteiger partial charge on any atom is -0.490 e. The molecule has 37 heavy (non-hydrogen) atoms. The molecule has 7 heteroatoms. The van der Waals surface area contributed by atoms with Gasteiger partial charge in [0.05, 0.1) is 0 Å². The van der Waals surface area contributed by atoms with Crippen molar-refractivity contribution < 1.29 is 28.5 Å². The number of nitrogens with zero attached hydrogens (tertiary/aromatic N) is 1. The average Bonchev–Trinajstić information content (AvgIpc) is 2.94. The van der Waals surface area contributed by atoms with Crippen LogP contribution in [0, 0.1) is 0 Å². The van der Waals surface area contributed by atoms with Gasteiger partial charge in [-0.3, -0.25) is 9.59 Å². The van der Waals surface area contributed by atoms with Gasteiger partial charge in [-0.1, -0.05) is 54.6 Å². The number of esters is 2. The van der Waals surface area contributed by atoms with Crippen LogP contribution in [0.1, 0.15) is 25.7 Å². The molecule has 0 unspecified atom stereocenters. The third-order valence-electron chi connectivity index (χ3n) is 5.46. The van der Waals surface area contributed by atoms with Crippen LogP contribution in [0.3, 0.4) is 0 Å². The summed E-state index contributed by atoms with van der Waals surface area (Å²) in [6, 6.07) is 28.8. The monoisotopic (exact) mass is 505 g/mol. The highest BCUT2D eigenvalue weighted by Crippen LogP contribution is 2.16. The van der Waals surface area contributed by atoms with E-state index in [-0.39, 0.29) is 25.2 Å². The minimum absolute atomic E-state index is 0.217.